The Hall–Kier alpha value is -2.56. The third-order valence-electron chi connectivity index (χ3n) is 3.16. The van der Waals surface area contributed by atoms with Crippen LogP contribution in [0.3, 0.4) is 0 Å². The zero-order chi connectivity index (χ0) is 15.4. The van der Waals surface area contributed by atoms with Crippen molar-refractivity contribution in [2.45, 2.75) is 27.2 Å². The molecule has 0 aliphatic heterocycles. The van der Waals surface area contributed by atoms with Crippen LogP contribution in [0.15, 0.2) is 35.1 Å². The minimum Gasteiger partial charge on any atom is -0.354 e. The molecule has 0 fully saturated rings. The van der Waals surface area contributed by atoms with Gasteiger partial charge >= 0.3 is 0 Å². The van der Waals surface area contributed by atoms with Crippen LogP contribution >= 0.6 is 0 Å². The lowest BCUT2D eigenvalue weighted by Gasteiger charge is -2.12. The number of pyridine rings is 1. The van der Waals surface area contributed by atoms with E-state index in [1.807, 2.05) is 44.2 Å². The maximum Gasteiger partial charge on any atom is 0.251 e. The van der Waals surface area contributed by atoms with Crippen LogP contribution in [-0.4, -0.2) is 10.9 Å². The molecule has 0 bridgehead atoms. The number of hydrogen-bond acceptors (Lipinski definition) is 3. The Balaban J connectivity index is 2.29. The maximum absolute atomic E-state index is 11.7. The molecule has 0 saturated heterocycles. The average Bonchev–Trinajstić information content (AvgIpc) is 2.41. The Bertz CT molecular complexity index is 720. The lowest BCUT2D eigenvalue weighted by Crippen LogP contribution is -2.14. The van der Waals surface area contributed by atoms with Crippen LogP contribution in [0.4, 0.5) is 17.1 Å². The number of hydrogen-bond donors (Lipinski definition) is 3. The van der Waals surface area contributed by atoms with E-state index in [-0.39, 0.29) is 11.5 Å². The fourth-order valence-corrected chi connectivity index (χ4v) is 2.09. The van der Waals surface area contributed by atoms with Crippen molar-refractivity contribution in [3.05, 3.63) is 51.9 Å². The Morgan fingerprint density at radius 2 is 1.95 bits per heavy atom. The Kier molecular flexibility index (Phi) is 4.42. The highest BCUT2D eigenvalue weighted by Crippen LogP contribution is 2.22. The van der Waals surface area contributed by atoms with Crippen molar-refractivity contribution in [2.75, 3.05) is 10.6 Å². The van der Waals surface area contributed by atoms with Crippen molar-refractivity contribution in [3.8, 4) is 0 Å². The van der Waals surface area contributed by atoms with E-state index in [0.29, 0.717) is 6.42 Å². The van der Waals surface area contributed by atoms with Crippen molar-refractivity contribution in [1.29, 1.82) is 0 Å². The number of aryl methyl sites for hydroxylation is 2. The second-order valence-electron chi connectivity index (χ2n) is 4.90. The molecule has 3 N–H and O–H groups in total. The van der Waals surface area contributed by atoms with Gasteiger partial charge in [0.2, 0.25) is 5.91 Å². The van der Waals surface area contributed by atoms with E-state index < -0.39 is 0 Å². The van der Waals surface area contributed by atoms with Gasteiger partial charge < -0.3 is 15.6 Å². The molecule has 0 saturated carbocycles. The third-order valence-corrected chi connectivity index (χ3v) is 3.16. The molecule has 0 atom stereocenters. The van der Waals surface area contributed by atoms with Gasteiger partial charge in [-0.2, -0.15) is 0 Å². The largest absolute Gasteiger partial charge is 0.354 e. The van der Waals surface area contributed by atoms with Crippen LogP contribution < -0.4 is 16.2 Å². The predicted octanol–water partition coefficient (Wildman–Crippen LogP) is 2.95. The summed E-state index contributed by atoms with van der Waals surface area (Å²) < 4.78 is 0. The molecule has 0 aliphatic rings. The van der Waals surface area contributed by atoms with Gasteiger partial charge in [0, 0.05) is 29.6 Å². The molecule has 0 spiro atoms. The predicted molar refractivity (Wildman–Crippen MR) is 85.2 cm³/mol. The maximum atomic E-state index is 11.7. The summed E-state index contributed by atoms with van der Waals surface area (Å²) in [6.45, 7) is 5.27. The molecule has 0 radical (unpaired) electrons. The lowest BCUT2D eigenvalue weighted by molar-refractivity contribution is -0.114. The molecule has 1 heterocycles. The summed E-state index contributed by atoms with van der Waals surface area (Å²) >= 11 is 0. The molecule has 110 valence electrons. The van der Waals surface area contributed by atoms with Gasteiger partial charge in [0.1, 0.15) is 0 Å². The van der Waals surface area contributed by atoms with E-state index >= 15 is 0 Å². The fraction of sp³-hybridized carbons (Fsp3) is 0.250. The van der Waals surface area contributed by atoms with Gasteiger partial charge in [0.15, 0.2) is 0 Å². The second kappa shape index (κ2) is 6.26. The van der Waals surface area contributed by atoms with Crippen LogP contribution in [0.25, 0.3) is 0 Å². The molecule has 2 aromatic rings. The smallest absolute Gasteiger partial charge is 0.251 e. The summed E-state index contributed by atoms with van der Waals surface area (Å²) in [4.78, 5) is 25.6. The fourth-order valence-electron chi connectivity index (χ4n) is 2.09. The summed E-state index contributed by atoms with van der Waals surface area (Å²) in [5.74, 6) is -0.111. The Morgan fingerprint density at radius 3 is 2.62 bits per heavy atom. The number of amides is 1. The van der Waals surface area contributed by atoms with Gasteiger partial charge in [0.25, 0.3) is 5.56 Å². The van der Waals surface area contributed by atoms with Gasteiger partial charge in [-0.3, -0.25) is 9.59 Å². The topological polar surface area (TPSA) is 74.0 Å². The molecule has 0 aliphatic carbocycles. The van der Waals surface area contributed by atoms with E-state index in [4.69, 9.17) is 0 Å². The van der Waals surface area contributed by atoms with Crippen molar-refractivity contribution in [3.63, 3.8) is 0 Å². The van der Waals surface area contributed by atoms with E-state index in [0.717, 1.165) is 28.3 Å². The molecular formula is C16H19N3O2. The summed E-state index contributed by atoms with van der Waals surface area (Å²) in [5, 5.41) is 6.01. The number of anilines is 3. The van der Waals surface area contributed by atoms with E-state index in [9.17, 15) is 9.59 Å². The molecule has 21 heavy (non-hydrogen) atoms. The highest BCUT2D eigenvalue weighted by molar-refractivity contribution is 5.89. The van der Waals surface area contributed by atoms with Crippen LogP contribution in [0.5, 0.6) is 0 Å². The number of aromatic nitrogens is 1. The van der Waals surface area contributed by atoms with Gasteiger partial charge in [-0.15, -0.1) is 0 Å². The van der Waals surface area contributed by atoms with E-state index in [1.165, 1.54) is 6.92 Å². The van der Waals surface area contributed by atoms with Gasteiger partial charge in [0.05, 0.1) is 5.69 Å². The number of benzene rings is 1. The number of carbonyl (C=O) groups excluding carboxylic acids is 1. The molecule has 5 heteroatoms. The van der Waals surface area contributed by atoms with Crippen molar-refractivity contribution in [2.24, 2.45) is 0 Å². The molecule has 1 aromatic heterocycles. The summed E-state index contributed by atoms with van der Waals surface area (Å²) in [7, 11) is 0. The first-order chi connectivity index (χ1) is 9.99. The first-order valence-corrected chi connectivity index (χ1v) is 6.87. The highest BCUT2D eigenvalue weighted by atomic mass is 16.1. The normalized spacial score (nSPS) is 10.2. The standard InChI is InChI=1S/C16H19N3O2/c1-4-12-8-15(10(2)17-16(12)21)19-14-7-5-6-13(9-14)18-11(3)20/h5-9,19H,4H2,1-3H3,(H,17,21)(H,18,20). The molecule has 5 nitrogen and oxygen atoms in total. The minimum absolute atomic E-state index is 0.0486. The second-order valence-corrected chi connectivity index (χ2v) is 4.90. The minimum atomic E-state index is -0.111. The van der Waals surface area contributed by atoms with Gasteiger partial charge in [-0.1, -0.05) is 13.0 Å². The van der Waals surface area contributed by atoms with Gasteiger partial charge in [-0.25, -0.2) is 0 Å². The van der Waals surface area contributed by atoms with E-state index in [2.05, 4.69) is 15.6 Å². The number of rotatable bonds is 4. The first kappa shape index (κ1) is 14.8. The monoisotopic (exact) mass is 285 g/mol. The number of H-pyrrole nitrogens is 1. The number of carbonyl (C=O) groups is 1. The molecule has 1 aromatic carbocycles. The Morgan fingerprint density at radius 1 is 1.24 bits per heavy atom. The van der Waals surface area contributed by atoms with Crippen LogP contribution in [0, 0.1) is 6.92 Å². The SMILES string of the molecule is CCc1cc(Nc2cccc(NC(C)=O)c2)c(C)[nH]c1=O. The molecule has 0 unspecified atom stereocenters. The van der Waals surface area contributed by atoms with Crippen molar-refractivity contribution >= 4 is 23.0 Å². The zero-order valence-electron chi connectivity index (χ0n) is 12.4. The van der Waals surface area contributed by atoms with Crippen LogP contribution in [0.1, 0.15) is 25.1 Å². The molecule has 2 rings (SSSR count). The molecular weight excluding hydrogens is 266 g/mol. The van der Waals surface area contributed by atoms with Crippen molar-refractivity contribution < 1.29 is 4.79 Å². The van der Waals surface area contributed by atoms with Crippen molar-refractivity contribution in [1.82, 2.24) is 4.98 Å². The number of aromatic amines is 1. The molecule has 1 amide bonds. The lowest BCUT2D eigenvalue weighted by atomic mass is 10.1. The summed E-state index contributed by atoms with van der Waals surface area (Å²) in [5.41, 5.74) is 3.89. The van der Waals surface area contributed by atoms with Gasteiger partial charge in [-0.05, 0) is 37.6 Å². The number of nitrogens with one attached hydrogen (secondary N) is 3. The van der Waals surface area contributed by atoms with E-state index in [1.54, 1.807) is 0 Å². The third kappa shape index (κ3) is 3.72. The highest BCUT2D eigenvalue weighted by Gasteiger charge is 2.05. The first-order valence-electron chi connectivity index (χ1n) is 6.87. The summed E-state index contributed by atoms with van der Waals surface area (Å²) in [6, 6.07) is 9.29. The van der Waals surface area contributed by atoms with Crippen LogP contribution in [-0.2, 0) is 11.2 Å². The Labute approximate surface area is 123 Å². The summed E-state index contributed by atoms with van der Waals surface area (Å²) in [6.07, 6.45) is 0.677. The average molecular weight is 285 g/mol. The quantitative estimate of drug-likeness (QED) is 0.808. The van der Waals surface area contributed by atoms with Crippen LogP contribution in [0.2, 0.25) is 0 Å². The zero-order valence-corrected chi connectivity index (χ0v) is 12.4.